The highest BCUT2D eigenvalue weighted by Gasteiger charge is 2.23. The third kappa shape index (κ3) is 1.06. The number of nitrogens with one attached hydrogen (secondary N) is 1. The number of hydrogen-bond acceptors (Lipinski definition) is 1. The van der Waals surface area contributed by atoms with E-state index in [4.69, 9.17) is 5.73 Å². The summed E-state index contributed by atoms with van der Waals surface area (Å²) in [6.45, 7) is 0. The maximum absolute atomic E-state index is 6.01. The van der Waals surface area contributed by atoms with Crippen LogP contribution in [0.2, 0.25) is 0 Å². The van der Waals surface area contributed by atoms with E-state index in [9.17, 15) is 0 Å². The zero-order valence-electron chi connectivity index (χ0n) is 7.68. The Kier molecular flexibility index (Phi) is 1.73. The van der Waals surface area contributed by atoms with Crippen LogP contribution in [0.3, 0.4) is 0 Å². The predicted molar refractivity (Wildman–Crippen MR) is 61.2 cm³/mol. The van der Waals surface area contributed by atoms with Crippen LogP contribution in [0.1, 0.15) is 23.7 Å². The summed E-state index contributed by atoms with van der Waals surface area (Å²) < 4.78 is 1.13. The number of H-pyrrole nitrogens is 1. The monoisotopic (exact) mass is 250 g/mol. The Morgan fingerprint density at radius 1 is 1.43 bits per heavy atom. The number of aryl methyl sites for hydroxylation is 1. The largest absolute Gasteiger partial charge is 0.357 e. The molecule has 1 aliphatic carbocycles. The maximum Gasteiger partial charge on any atom is 0.0460 e. The minimum atomic E-state index is 0.205. The number of aromatic nitrogens is 1. The van der Waals surface area contributed by atoms with E-state index in [-0.39, 0.29) is 6.04 Å². The van der Waals surface area contributed by atoms with E-state index in [1.54, 1.807) is 0 Å². The Morgan fingerprint density at radius 3 is 3.14 bits per heavy atom. The molecule has 2 nitrogen and oxygen atoms in total. The summed E-state index contributed by atoms with van der Waals surface area (Å²) in [5.41, 5.74) is 9.85. The zero-order chi connectivity index (χ0) is 9.71. The summed E-state index contributed by atoms with van der Waals surface area (Å²) in [6.07, 6.45) is 2.18. The first kappa shape index (κ1) is 8.50. The molecule has 0 radical (unpaired) electrons. The first-order chi connectivity index (χ1) is 6.75. The van der Waals surface area contributed by atoms with E-state index >= 15 is 0 Å². The molecule has 0 amide bonds. The lowest BCUT2D eigenvalue weighted by Crippen LogP contribution is -2.05. The molecule has 0 bridgehead atoms. The summed E-state index contributed by atoms with van der Waals surface area (Å²) >= 11 is 3.50. The van der Waals surface area contributed by atoms with E-state index in [2.05, 4.69) is 39.1 Å². The third-order valence-corrected chi connectivity index (χ3v) is 3.47. The lowest BCUT2D eigenvalue weighted by atomic mass is 10.1. The molecule has 72 valence electrons. The van der Waals surface area contributed by atoms with Gasteiger partial charge in [-0.1, -0.05) is 15.9 Å². The van der Waals surface area contributed by atoms with Gasteiger partial charge in [-0.15, -0.1) is 0 Å². The van der Waals surface area contributed by atoms with Crippen molar-refractivity contribution in [3.63, 3.8) is 0 Å². The van der Waals surface area contributed by atoms with Crippen LogP contribution in [0.5, 0.6) is 0 Å². The van der Waals surface area contributed by atoms with Crippen LogP contribution in [0.4, 0.5) is 0 Å². The second-order valence-corrected chi connectivity index (χ2v) is 4.77. The van der Waals surface area contributed by atoms with Gasteiger partial charge in [-0.25, -0.2) is 0 Å². The fraction of sp³-hybridized carbons (Fsp3) is 0.273. The van der Waals surface area contributed by atoms with Crippen molar-refractivity contribution in [2.75, 3.05) is 0 Å². The van der Waals surface area contributed by atoms with Gasteiger partial charge in [0.25, 0.3) is 0 Å². The molecule has 14 heavy (non-hydrogen) atoms. The van der Waals surface area contributed by atoms with Gasteiger partial charge in [0.15, 0.2) is 0 Å². The summed E-state index contributed by atoms with van der Waals surface area (Å²) in [5, 5.41) is 1.32. The number of rotatable bonds is 0. The van der Waals surface area contributed by atoms with Gasteiger partial charge in [0.05, 0.1) is 0 Å². The smallest absolute Gasteiger partial charge is 0.0460 e. The van der Waals surface area contributed by atoms with Gasteiger partial charge in [0.2, 0.25) is 0 Å². The average molecular weight is 251 g/mol. The minimum Gasteiger partial charge on any atom is -0.357 e. The topological polar surface area (TPSA) is 41.8 Å². The van der Waals surface area contributed by atoms with Gasteiger partial charge < -0.3 is 10.7 Å². The van der Waals surface area contributed by atoms with Crippen LogP contribution in [0.25, 0.3) is 10.9 Å². The lowest BCUT2D eigenvalue weighted by Gasteiger charge is -1.99. The van der Waals surface area contributed by atoms with E-state index in [1.165, 1.54) is 22.2 Å². The Labute approximate surface area is 90.6 Å². The summed E-state index contributed by atoms with van der Waals surface area (Å²) in [7, 11) is 0. The van der Waals surface area contributed by atoms with E-state index < -0.39 is 0 Å². The Balaban J connectivity index is 2.36. The number of fused-ring (bicyclic) bond motifs is 3. The maximum atomic E-state index is 6.01. The second kappa shape index (κ2) is 2.84. The molecule has 3 rings (SSSR count). The molecule has 1 unspecified atom stereocenters. The standard InChI is InChI=1S/C11H11BrN2/c12-6-1-4-10-8(5-6)7-2-3-9(13)11(7)14-10/h1,4-5,9,14H,2-3,13H2. The highest BCUT2D eigenvalue weighted by Crippen LogP contribution is 2.35. The first-order valence-corrected chi connectivity index (χ1v) is 5.60. The molecule has 0 saturated heterocycles. The fourth-order valence-electron chi connectivity index (χ4n) is 2.27. The molecular formula is C11H11BrN2. The van der Waals surface area contributed by atoms with Gasteiger partial charge in [-0.2, -0.15) is 0 Å². The van der Waals surface area contributed by atoms with Crippen molar-refractivity contribution >= 4 is 26.8 Å². The molecule has 0 spiro atoms. The second-order valence-electron chi connectivity index (χ2n) is 3.85. The van der Waals surface area contributed by atoms with E-state index in [0.717, 1.165) is 17.3 Å². The number of aromatic amines is 1. The summed E-state index contributed by atoms with van der Waals surface area (Å²) in [5.74, 6) is 0. The van der Waals surface area contributed by atoms with Gasteiger partial charge in [-0.05, 0) is 36.6 Å². The van der Waals surface area contributed by atoms with Crippen LogP contribution in [0, 0.1) is 0 Å². The van der Waals surface area contributed by atoms with Crippen molar-refractivity contribution in [3.05, 3.63) is 33.9 Å². The van der Waals surface area contributed by atoms with Gasteiger partial charge in [-0.3, -0.25) is 0 Å². The van der Waals surface area contributed by atoms with E-state index in [1.807, 2.05) is 0 Å². The third-order valence-electron chi connectivity index (χ3n) is 2.98. The number of halogens is 1. The van der Waals surface area contributed by atoms with Gasteiger partial charge in [0.1, 0.15) is 0 Å². The number of nitrogens with two attached hydrogens (primary N) is 1. The highest BCUT2D eigenvalue weighted by atomic mass is 79.9. The molecule has 0 fully saturated rings. The fourth-order valence-corrected chi connectivity index (χ4v) is 2.63. The van der Waals surface area contributed by atoms with Crippen LogP contribution >= 0.6 is 15.9 Å². The molecule has 3 heteroatoms. The quantitative estimate of drug-likeness (QED) is 0.742. The molecule has 2 aromatic rings. The van der Waals surface area contributed by atoms with Crippen molar-refractivity contribution in [2.24, 2.45) is 5.73 Å². The number of hydrogen-bond donors (Lipinski definition) is 2. The van der Waals surface area contributed by atoms with Gasteiger partial charge >= 0.3 is 0 Å². The minimum absolute atomic E-state index is 0.205. The van der Waals surface area contributed by atoms with Crippen LogP contribution in [-0.4, -0.2) is 4.98 Å². The molecule has 0 aliphatic heterocycles. The van der Waals surface area contributed by atoms with Crippen LogP contribution < -0.4 is 5.73 Å². The molecule has 1 aromatic carbocycles. The van der Waals surface area contributed by atoms with Crippen molar-refractivity contribution < 1.29 is 0 Å². The zero-order valence-corrected chi connectivity index (χ0v) is 9.26. The Morgan fingerprint density at radius 2 is 2.29 bits per heavy atom. The number of benzene rings is 1. The SMILES string of the molecule is NC1CCc2c1[nH]c1ccc(Br)cc21. The highest BCUT2D eigenvalue weighted by molar-refractivity contribution is 9.10. The summed E-state index contributed by atoms with van der Waals surface area (Å²) in [4.78, 5) is 3.41. The summed E-state index contributed by atoms with van der Waals surface area (Å²) in [6, 6.07) is 6.53. The normalized spacial score (nSPS) is 20.3. The van der Waals surface area contributed by atoms with Crippen LogP contribution in [-0.2, 0) is 6.42 Å². The first-order valence-electron chi connectivity index (χ1n) is 4.81. The molecule has 1 aromatic heterocycles. The van der Waals surface area contributed by atoms with Crippen molar-refractivity contribution in [3.8, 4) is 0 Å². The molecular weight excluding hydrogens is 240 g/mol. The lowest BCUT2D eigenvalue weighted by molar-refractivity contribution is 0.699. The van der Waals surface area contributed by atoms with Crippen molar-refractivity contribution in [2.45, 2.75) is 18.9 Å². The molecule has 1 heterocycles. The van der Waals surface area contributed by atoms with Crippen molar-refractivity contribution in [1.82, 2.24) is 4.98 Å². The molecule has 0 saturated carbocycles. The predicted octanol–water partition coefficient (Wildman–Crippen LogP) is 2.88. The average Bonchev–Trinajstić information content (AvgIpc) is 2.67. The molecule has 3 N–H and O–H groups in total. The van der Waals surface area contributed by atoms with E-state index in [0.29, 0.717) is 0 Å². The Hall–Kier alpha value is -0.800. The van der Waals surface area contributed by atoms with Crippen molar-refractivity contribution in [1.29, 1.82) is 0 Å². The van der Waals surface area contributed by atoms with Crippen LogP contribution in [0.15, 0.2) is 22.7 Å². The molecule has 1 atom stereocenters. The molecule has 1 aliphatic rings. The van der Waals surface area contributed by atoms with Gasteiger partial charge in [0, 0.05) is 27.1 Å². The Bertz CT molecular complexity index is 501.